The number of rotatable bonds is 27. The normalized spacial score (nSPS) is 18.6. The molecule has 3 N–H and O–H groups in total. The summed E-state index contributed by atoms with van der Waals surface area (Å²) in [4.78, 5) is 89.4. The number of hydrogen-bond donors (Lipinski definition) is 3. The lowest BCUT2D eigenvalue weighted by Gasteiger charge is -2.41. The van der Waals surface area contributed by atoms with E-state index in [1.807, 2.05) is 75.2 Å². The molecule has 1 aromatic carbocycles. The van der Waals surface area contributed by atoms with Gasteiger partial charge < -0.3 is 35.2 Å². The molecule has 0 aliphatic carbocycles. The Morgan fingerprint density at radius 1 is 0.954 bits per heavy atom. The molecule has 2 aliphatic heterocycles. The predicted octanol–water partition coefficient (Wildman–Crippen LogP) is 5.46. The molecule has 65 heavy (non-hydrogen) atoms. The quantitative estimate of drug-likeness (QED) is 0.0771. The van der Waals surface area contributed by atoms with E-state index in [2.05, 4.69) is 20.9 Å². The summed E-state index contributed by atoms with van der Waals surface area (Å²) >= 11 is 1.50. The number of carbonyl (C=O) groups is 6. The van der Waals surface area contributed by atoms with Crippen LogP contribution < -0.4 is 16.0 Å². The average Bonchev–Trinajstić information content (AvgIpc) is 4.07. The van der Waals surface area contributed by atoms with Crippen molar-refractivity contribution in [2.24, 2.45) is 17.8 Å². The Labute approximate surface area is 390 Å². The first-order chi connectivity index (χ1) is 30.9. The molecule has 6 amide bonds. The first-order valence-corrected chi connectivity index (χ1v) is 24.3. The highest BCUT2D eigenvalue weighted by Crippen LogP contribution is 2.31. The van der Waals surface area contributed by atoms with Gasteiger partial charge in [0.05, 0.1) is 48.2 Å². The number of nitrogens with one attached hydrogen (secondary N) is 3. The number of amides is 6. The van der Waals surface area contributed by atoms with E-state index in [0.29, 0.717) is 45.3 Å². The number of ether oxygens (including phenoxy) is 2. The van der Waals surface area contributed by atoms with Crippen molar-refractivity contribution in [3.05, 3.63) is 64.6 Å². The number of nitrogens with zero attached hydrogens (tertiary/aromatic N) is 4. The number of unbranched alkanes of at least 4 members (excludes halogenated alkanes) is 3. The van der Waals surface area contributed by atoms with Crippen LogP contribution in [0.1, 0.15) is 116 Å². The standard InChI is InChI=1S/C49H75N7O8S/c1-11-33(4)43(54(8)47(61)42(32(2)3)53-48(62)49(6,7)51-25-17-12-13-18-27-56-39(57)23-24-40(56)58)38(63-9)31-41(59)55-28-19-22-37(55)44(64-10)34(5)45(60)52-36(46-50-26-29-65-46)30-35-20-15-14-16-21-35/h14-16,20-21,23-24,26,29,32-34,36-38,42-44,51H,11-13,17-19,22,25,27-28,30-31H2,1-10H3,(H,52,60)(H,53,62)/t33-,34+,36-,37-,38+,42-,43-,44+/m0/s1. The van der Waals surface area contributed by atoms with Gasteiger partial charge in [-0.25, -0.2) is 4.98 Å². The molecule has 1 saturated heterocycles. The Bertz CT molecular complexity index is 1870. The molecule has 8 atom stereocenters. The molecule has 4 rings (SSSR count). The highest BCUT2D eigenvalue weighted by molar-refractivity contribution is 7.09. The third-order valence-electron chi connectivity index (χ3n) is 13.2. The lowest BCUT2D eigenvalue weighted by molar-refractivity contribution is -0.148. The minimum absolute atomic E-state index is 0.0151. The molecule has 0 spiro atoms. The molecule has 3 heterocycles. The monoisotopic (exact) mass is 922 g/mol. The number of carbonyl (C=O) groups excluding carboxylic acids is 6. The highest BCUT2D eigenvalue weighted by atomic mass is 32.1. The molecule has 2 aliphatic rings. The van der Waals surface area contributed by atoms with Gasteiger partial charge in [-0.15, -0.1) is 11.3 Å². The maximum absolute atomic E-state index is 14.5. The van der Waals surface area contributed by atoms with Crippen LogP contribution in [-0.2, 0) is 44.7 Å². The Morgan fingerprint density at radius 2 is 1.63 bits per heavy atom. The molecule has 15 nitrogen and oxygen atoms in total. The third-order valence-corrected chi connectivity index (χ3v) is 14.1. The first kappa shape index (κ1) is 53.1. The summed E-state index contributed by atoms with van der Waals surface area (Å²) in [6, 6.07) is 8.00. The fraction of sp³-hybridized carbons (Fsp3) is 0.653. The molecule has 0 radical (unpaired) electrons. The lowest BCUT2D eigenvalue weighted by Crippen LogP contribution is -2.61. The van der Waals surface area contributed by atoms with Crippen molar-refractivity contribution in [3.63, 3.8) is 0 Å². The number of likely N-dealkylation sites (tertiary alicyclic amines) is 1. The summed E-state index contributed by atoms with van der Waals surface area (Å²) in [5.41, 5.74) is 0.108. The zero-order chi connectivity index (χ0) is 47.8. The number of hydrogen-bond acceptors (Lipinski definition) is 11. The van der Waals surface area contributed by atoms with E-state index in [9.17, 15) is 28.8 Å². The summed E-state index contributed by atoms with van der Waals surface area (Å²) in [6.45, 7) is 14.8. The molecule has 360 valence electrons. The van der Waals surface area contributed by atoms with Crippen molar-refractivity contribution in [2.75, 3.05) is 40.9 Å². The van der Waals surface area contributed by atoms with Crippen LogP contribution in [-0.4, -0.2) is 132 Å². The second-order valence-corrected chi connectivity index (χ2v) is 19.5. The zero-order valence-electron chi connectivity index (χ0n) is 40.3. The van der Waals surface area contributed by atoms with E-state index in [1.165, 1.54) is 28.4 Å². The van der Waals surface area contributed by atoms with Gasteiger partial charge in [-0.05, 0) is 69.9 Å². The molecule has 1 fully saturated rings. The van der Waals surface area contributed by atoms with Crippen LogP contribution in [0.4, 0.5) is 0 Å². The molecule has 1 aromatic heterocycles. The predicted molar refractivity (Wildman–Crippen MR) is 252 cm³/mol. The van der Waals surface area contributed by atoms with Gasteiger partial charge in [-0.2, -0.15) is 0 Å². The Balaban J connectivity index is 1.37. The van der Waals surface area contributed by atoms with E-state index in [0.717, 1.165) is 36.3 Å². The van der Waals surface area contributed by atoms with Crippen molar-refractivity contribution in [2.45, 2.75) is 148 Å². The van der Waals surface area contributed by atoms with Gasteiger partial charge in [0.15, 0.2) is 0 Å². The third kappa shape index (κ3) is 14.5. The van der Waals surface area contributed by atoms with Gasteiger partial charge in [-0.1, -0.05) is 84.2 Å². The maximum Gasteiger partial charge on any atom is 0.253 e. The van der Waals surface area contributed by atoms with Gasteiger partial charge in [0.2, 0.25) is 23.6 Å². The molecular formula is C49H75N7O8S. The van der Waals surface area contributed by atoms with Gasteiger partial charge in [-0.3, -0.25) is 33.7 Å². The number of imide groups is 1. The Hall–Kier alpha value is -4.51. The Morgan fingerprint density at radius 3 is 2.23 bits per heavy atom. The van der Waals surface area contributed by atoms with Gasteiger partial charge in [0.1, 0.15) is 11.0 Å². The summed E-state index contributed by atoms with van der Waals surface area (Å²) in [5, 5.41) is 12.3. The number of benzene rings is 1. The van der Waals surface area contributed by atoms with Crippen LogP contribution in [0, 0.1) is 17.8 Å². The fourth-order valence-corrected chi connectivity index (χ4v) is 9.69. The van der Waals surface area contributed by atoms with E-state index >= 15 is 0 Å². The van der Waals surface area contributed by atoms with Crippen molar-refractivity contribution in [1.29, 1.82) is 0 Å². The molecule has 0 unspecified atom stereocenters. The van der Waals surface area contributed by atoms with Crippen LogP contribution in [0.2, 0.25) is 0 Å². The number of methoxy groups -OCH3 is 2. The van der Waals surface area contributed by atoms with Gasteiger partial charge in [0.25, 0.3) is 11.8 Å². The van der Waals surface area contributed by atoms with Crippen molar-refractivity contribution in [1.82, 2.24) is 35.6 Å². The van der Waals surface area contributed by atoms with Crippen LogP contribution >= 0.6 is 11.3 Å². The topological polar surface area (TPSA) is 180 Å². The van der Waals surface area contributed by atoms with Crippen molar-refractivity contribution >= 4 is 46.8 Å². The van der Waals surface area contributed by atoms with E-state index in [4.69, 9.17) is 9.47 Å². The van der Waals surface area contributed by atoms with Crippen LogP contribution in [0.25, 0.3) is 0 Å². The molecule has 16 heteroatoms. The molecular weight excluding hydrogens is 847 g/mol. The molecule has 0 bridgehead atoms. The van der Waals surface area contributed by atoms with Crippen LogP contribution in [0.5, 0.6) is 0 Å². The smallest absolute Gasteiger partial charge is 0.253 e. The minimum Gasteiger partial charge on any atom is -0.379 e. The number of thiazole rings is 1. The fourth-order valence-electron chi connectivity index (χ4n) is 9.00. The maximum atomic E-state index is 14.5. The molecule has 0 saturated carbocycles. The second-order valence-electron chi connectivity index (χ2n) is 18.5. The minimum atomic E-state index is -0.973. The largest absolute Gasteiger partial charge is 0.379 e. The zero-order valence-corrected chi connectivity index (χ0v) is 41.2. The van der Waals surface area contributed by atoms with Crippen LogP contribution in [0.15, 0.2) is 54.1 Å². The van der Waals surface area contributed by atoms with Crippen molar-refractivity contribution < 1.29 is 38.2 Å². The summed E-state index contributed by atoms with van der Waals surface area (Å²) in [6.07, 6.45) is 9.06. The number of aromatic nitrogens is 1. The lowest BCUT2D eigenvalue weighted by atomic mass is 9.89. The highest BCUT2D eigenvalue weighted by Gasteiger charge is 2.43. The van der Waals surface area contributed by atoms with E-state index in [1.54, 1.807) is 46.2 Å². The Kier molecular flexibility index (Phi) is 20.8. The second kappa shape index (κ2) is 25.4. The molecule has 2 aromatic rings. The van der Waals surface area contributed by atoms with E-state index < -0.39 is 35.7 Å². The van der Waals surface area contributed by atoms with Gasteiger partial charge in [0, 0.05) is 58.1 Å². The SMILES string of the molecule is CC[C@H](C)[C@@H]([C@@H](CC(=O)N1CCC[C@H]1[C@H](OC)[C@@H](C)C(=O)N[C@@H](Cc1ccccc1)c1nccs1)OC)N(C)C(=O)[C@@H](NC(=O)C(C)(C)NCCCCCCN1C(=O)C=CC1=O)C(C)C. The van der Waals surface area contributed by atoms with Crippen molar-refractivity contribution in [3.8, 4) is 0 Å². The number of likely N-dealkylation sites (N-methyl/N-ethyl adjacent to an activating group) is 1. The van der Waals surface area contributed by atoms with Gasteiger partial charge >= 0.3 is 0 Å². The van der Waals surface area contributed by atoms with Crippen LogP contribution in [0.3, 0.4) is 0 Å². The van der Waals surface area contributed by atoms with E-state index in [-0.39, 0.29) is 65.8 Å². The average molecular weight is 922 g/mol. The summed E-state index contributed by atoms with van der Waals surface area (Å²) in [5.74, 6) is -2.30. The summed E-state index contributed by atoms with van der Waals surface area (Å²) < 4.78 is 12.1. The summed E-state index contributed by atoms with van der Waals surface area (Å²) in [7, 11) is 4.88. The first-order valence-electron chi connectivity index (χ1n) is 23.4.